The van der Waals surface area contributed by atoms with Crippen molar-refractivity contribution in [3.63, 3.8) is 0 Å². The van der Waals surface area contributed by atoms with Crippen LogP contribution in [-0.4, -0.2) is 46.0 Å². The summed E-state index contributed by atoms with van der Waals surface area (Å²) >= 11 is 0. The molecule has 0 heterocycles. The fraction of sp³-hybridized carbons (Fsp3) is 0.533. The van der Waals surface area contributed by atoms with Gasteiger partial charge < -0.3 is 24.7 Å². The molecule has 0 aliphatic carbocycles. The third-order valence-electron chi connectivity index (χ3n) is 2.68. The molecule has 0 unspecified atom stereocenters. The minimum Gasteiger partial charge on any atom is -0.490 e. The number of nitrogen functional groups attached to an aromatic ring is 1. The number of amidine groups is 1. The van der Waals surface area contributed by atoms with Crippen molar-refractivity contribution in [2.24, 2.45) is 5.73 Å². The smallest absolute Gasteiger partial charge is 0.161 e. The summed E-state index contributed by atoms with van der Waals surface area (Å²) in [5.41, 5.74) is 6.08. The van der Waals surface area contributed by atoms with Gasteiger partial charge in [-0.25, -0.2) is 0 Å². The number of rotatable bonds is 11. The fourth-order valence-electron chi connectivity index (χ4n) is 1.68. The number of benzene rings is 1. The summed E-state index contributed by atoms with van der Waals surface area (Å²) in [6.07, 6.45) is 0.869. The summed E-state index contributed by atoms with van der Waals surface area (Å²) in [6.45, 7) is 4.70. The maximum absolute atomic E-state index is 7.43. The molecule has 6 nitrogen and oxygen atoms in total. The fourth-order valence-corrected chi connectivity index (χ4v) is 1.68. The van der Waals surface area contributed by atoms with Crippen molar-refractivity contribution in [1.82, 2.24) is 0 Å². The average molecular weight is 296 g/mol. The molecule has 3 N–H and O–H groups in total. The van der Waals surface area contributed by atoms with E-state index >= 15 is 0 Å². The summed E-state index contributed by atoms with van der Waals surface area (Å²) in [6, 6.07) is 5.20. The van der Waals surface area contributed by atoms with Crippen LogP contribution < -0.4 is 15.2 Å². The third-order valence-corrected chi connectivity index (χ3v) is 2.68. The molecule has 1 rings (SSSR count). The zero-order valence-electron chi connectivity index (χ0n) is 12.7. The molecule has 0 aliphatic heterocycles. The molecular weight excluding hydrogens is 272 g/mol. The number of ether oxygens (including phenoxy) is 4. The highest BCUT2D eigenvalue weighted by Crippen LogP contribution is 2.28. The number of nitrogens with one attached hydrogen (secondary N) is 1. The molecule has 0 amide bonds. The Morgan fingerprint density at radius 3 is 2.57 bits per heavy atom. The second-order valence-corrected chi connectivity index (χ2v) is 4.32. The van der Waals surface area contributed by atoms with Crippen LogP contribution in [0.2, 0.25) is 0 Å². The second kappa shape index (κ2) is 10.0. The van der Waals surface area contributed by atoms with Crippen LogP contribution in [0.1, 0.15) is 18.9 Å². The maximum Gasteiger partial charge on any atom is 0.161 e. The van der Waals surface area contributed by atoms with Gasteiger partial charge in [0, 0.05) is 25.9 Å². The maximum atomic E-state index is 7.43. The van der Waals surface area contributed by atoms with Gasteiger partial charge in [0.05, 0.1) is 13.2 Å². The molecule has 0 saturated heterocycles. The molecule has 0 aromatic heterocycles. The summed E-state index contributed by atoms with van der Waals surface area (Å²) in [7, 11) is 1.67. The largest absolute Gasteiger partial charge is 0.490 e. The zero-order chi connectivity index (χ0) is 15.5. The lowest BCUT2D eigenvalue weighted by Gasteiger charge is -2.13. The van der Waals surface area contributed by atoms with E-state index in [0.717, 1.165) is 6.42 Å². The van der Waals surface area contributed by atoms with Gasteiger partial charge in [0.2, 0.25) is 0 Å². The molecule has 1 aromatic rings. The molecule has 21 heavy (non-hydrogen) atoms. The molecule has 0 fully saturated rings. The molecule has 0 atom stereocenters. The average Bonchev–Trinajstić information content (AvgIpc) is 2.47. The highest BCUT2D eigenvalue weighted by molar-refractivity contribution is 5.95. The van der Waals surface area contributed by atoms with Crippen molar-refractivity contribution >= 4 is 5.84 Å². The SMILES string of the molecule is CCOc1cc(C(=N)N)ccc1OCCOCCCOC. The van der Waals surface area contributed by atoms with E-state index in [-0.39, 0.29) is 5.84 Å². The number of hydrogen-bond acceptors (Lipinski definition) is 5. The van der Waals surface area contributed by atoms with Crippen molar-refractivity contribution in [1.29, 1.82) is 5.41 Å². The van der Waals surface area contributed by atoms with Crippen molar-refractivity contribution in [2.45, 2.75) is 13.3 Å². The molecular formula is C15H24N2O4. The minimum atomic E-state index is 0.00368. The monoisotopic (exact) mass is 296 g/mol. The number of hydrogen-bond donors (Lipinski definition) is 2. The van der Waals surface area contributed by atoms with Crippen LogP contribution in [0.5, 0.6) is 11.5 Å². The minimum absolute atomic E-state index is 0.00368. The van der Waals surface area contributed by atoms with E-state index in [1.54, 1.807) is 25.3 Å². The predicted molar refractivity (Wildman–Crippen MR) is 81.4 cm³/mol. The molecule has 1 aromatic carbocycles. The Morgan fingerprint density at radius 2 is 1.90 bits per heavy atom. The molecule has 0 bridgehead atoms. The van der Waals surface area contributed by atoms with Crippen molar-refractivity contribution in [2.75, 3.05) is 40.1 Å². The van der Waals surface area contributed by atoms with Gasteiger partial charge in [-0.1, -0.05) is 0 Å². The normalized spacial score (nSPS) is 10.4. The summed E-state index contributed by atoms with van der Waals surface area (Å²) in [5, 5.41) is 7.43. The summed E-state index contributed by atoms with van der Waals surface area (Å²) in [5.74, 6) is 1.22. The molecule has 0 saturated carbocycles. The van der Waals surface area contributed by atoms with Crippen LogP contribution in [0, 0.1) is 5.41 Å². The van der Waals surface area contributed by atoms with Gasteiger partial charge in [0.25, 0.3) is 0 Å². The van der Waals surface area contributed by atoms with Crippen LogP contribution in [0.25, 0.3) is 0 Å². The van der Waals surface area contributed by atoms with E-state index in [2.05, 4.69) is 0 Å². The van der Waals surface area contributed by atoms with Crippen LogP contribution in [0.4, 0.5) is 0 Å². The lowest BCUT2D eigenvalue weighted by Crippen LogP contribution is -2.12. The van der Waals surface area contributed by atoms with Gasteiger partial charge >= 0.3 is 0 Å². The Kier molecular flexibility index (Phi) is 8.23. The number of methoxy groups -OCH3 is 1. The van der Waals surface area contributed by atoms with Crippen LogP contribution in [0.3, 0.4) is 0 Å². The Balaban J connectivity index is 2.44. The van der Waals surface area contributed by atoms with Gasteiger partial charge in [0.15, 0.2) is 11.5 Å². The van der Waals surface area contributed by atoms with E-state index in [9.17, 15) is 0 Å². The molecule has 0 spiro atoms. The lowest BCUT2D eigenvalue weighted by atomic mass is 10.2. The van der Waals surface area contributed by atoms with E-state index in [1.165, 1.54) is 0 Å². The quantitative estimate of drug-likeness (QED) is 0.369. The van der Waals surface area contributed by atoms with Crippen molar-refractivity contribution in [3.05, 3.63) is 23.8 Å². The lowest BCUT2D eigenvalue weighted by molar-refractivity contribution is 0.0798. The van der Waals surface area contributed by atoms with Crippen molar-refractivity contribution in [3.8, 4) is 11.5 Å². The highest BCUT2D eigenvalue weighted by atomic mass is 16.5. The Labute approximate surface area is 125 Å². The first-order valence-corrected chi connectivity index (χ1v) is 6.99. The predicted octanol–water partition coefficient (Wildman–Crippen LogP) is 1.80. The van der Waals surface area contributed by atoms with Gasteiger partial charge in [-0.3, -0.25) is 5.41 Å². The summed E-state index contributed by atoms with van der Waals surface area (Å²) < 4.78 is 21.5. The second-order valence-electron chi connectivity index (χ2n) is 4.32. The first-order valence-electron chi connectivity index (χ1n) is 6.99. The highest BCUT2D eigenvalue weighted by Gasteiger charge is 2.08. The zero-order valence-corrected chi connectivity index (χ0v) is 12.7. The molecule has 0 radical (unpaired) electrons. The standard InChI is InChI=1S/C15H24N2O4/c1-3-20-14-11-12(15(16)17)5-6-13(14)21-10-9-19-8-4-7-18-2/h5-6,11H,3-4,7-10H2,1-2H3,(H3,16,17). The third kappa shape index (κ3) is 6.46. The van der Waals surface area contributed by atoms with Crippen LogP contribution in [0.15, 0.2) is 18.2 Å². The van der Waals surface area contributed by atoms with Crippen LogP contribution >= 0.6 is 0 Å². The Bertz CT molecular complexity index is 438. The van der Waals surface area contributed by atoms with Crippen molar-refractivity contribution < 1.29 is 18.9 Å². The van der Waals surface area contributed by atoms with E-state index in [1.807, 2.05) is 6.92 Å². The molecule has 118 valence electrons. The van der Waals surface area contributed by atoms with E-state index < -0.39 is 0 Å². The first-order chi connectivity index (χ1) is 10.2. The van der Waals surface area contributed by atoms with Gasteiger partial charge in [-0.05, 0) is 31.5 Å². The topological polar surface area (TPSA) is 86.8 Å². The Morgan fingerprint density at radius 1 is 1.10 bits per heavy atom. The van der Waals surface area contributed by atoms with E-state index in [0.29, 0.717) is 50.1 Å². The summed E-state index contributed by atoms with van der Waals surface area (Å²) in [4.78, 5) is 0. The molecule has 0 aliphatic rings. The Hall–Kier alpha value is -1.79. The first kappa shape index (κ1) is 17.3. The molecule has 6 heteroatoms. The van der Waals surface area contributed by atoms with Gasteiger partial charge in [-0.15, -0.1) is 0 Å². The van der Waals surface area contributed by atoms with Gasteiger partial charge in [0.1, 0.15) is 12.4 Å². The van der Waals surface area contributed by atoms with Gasteiger partial charge in [-0.2, -0.15) is 0 Å². The number of nitrogens with two attached hydrogens (primary N) is 1. The van der Waals surface area contributed by atoms with E-state index in [4.69, 9.17) is 30.1 Å². The van der Waals surface area contributed by atoms with Crippen LogP contribution in [-0.2, 0) is 9.47 Å².